The molecule has 1 saturated heterocycles. The Hall–Kier alpha value is -2.19. The van der Waals surface area contributed by atoms with E-state index >= 15 is 0 Å². The van der Waals surface area contributed by atoms with Crippen molar-refractivity contribution < 1.29 is 12.4 Å². The Morgan fingerprint density at radius 3 is 1.06 bits per heavy atom. The number of hydrogen-bond donors (Lipinski definition) is 1. The van der Waals surface area contributed by atoms with Crippen LogP contribution < -0.4 is 32.8 Å². The summed E-state index contributed by atoms with van der Waals surface area (Å²) >= 11 is 25.5. The molecule has 2 N–H and O–H groups in total. The van der Waals surface area contributed by atoms with E-state index in [9.17, 15) is 0 Å². The molecule has 82 heavy (non-hydrogen) atoms. The molecule has 0 saturated carbocycles. The Morgan fingerprint density at radius 2 is 0.805 bits per heavy atom. The zero-order chi connectivity index (χ0) is 62.5. The minimum atomic E-state index is 0. The highest BCUT2D eigenvalue weighted by molar-refractivity contribution is 9.12. The van der Waals surface area contributed by atoms with Crippen LogP contribution in [0.15, 0.2) is 102 Å². The molecule has 2 atom stereocenters. The highest BCUT2D eigenvalue weighted by atomic mass is 79.9. The van der Waals surface area contributed by atoms with Crippen LogP contribution in [0.3, 0.4) is 0 Å². The van der Waals surface area contributed by atoms with Crippen molar-refractivity contribution in [2.24, 2.45) is 33.5 Å². The number of likely N-dealkylation sites (tertiary alicyclic amines) is 1. The van der Waals surface area contributed by atoms with E-state index in [2.05, 4.69) is 267 Å². The van der Waals surface area contributed by atoms with Crippen LogP contribution in [0.4, 0.5) is 22.7 Å². The number of anilines is 4. The fraction of sp³-hybridized carbons (Fsp3) is 0.540. The van der Waals surface area contributed by atoms with E-state index in [-0.39, 0.29) is 23.2 Å². The largest absolute Gasteiger partial charge is 1.00 e. The minimum Gasteiger partial charge on any atom is -1.00 e. The molecule has 0 amide bonds. The second-order valence-electron chi connectivity index (χ2n) is 26.2. The zero-order valence-corrected chi connectivity index (χ0v) is 63.9. The zero-order valence-electron chi connectivity index (χ0n) is 52.9. The summed E-state index contributed by atoms with van der Waals surface area (Å²) in [5.74, 6) is 1.58. The minimum absolute atomic E-state index is 0. The van der Waals surface area contributed by atoms with Gasteiger partial charge in [0.2, 0.25) is 0 Å². The molecule has 0 aromatic carbocycles. The molecule has 2 unspecified atom stereocenters. The number of nitrogens with two attached hydrogens (primary N) is 1. The lowest BCUT2D eigenvalue weighted by Gasteiger charge is -2.49. The molecule has 5 aromatic rings. The molecule has 0 radical (unpaired) electrons. The third kappa shape index (κ3) is 29.9. The summed E-state index contributed by atoms with van der Waals surface area (Å²) in [7, 11) is 19.1. The van der Waals surface area contributed by atoms with Gasteiger partial charge in [0.05, 0.1) is 48.9 Å². The number of pyridine rings is 5. The van der Waals surface area contributed by atoms with Gasteiger partial charge in [-0.05, 0) is 187 Å². The topological polar surface area (TPSA) is 107 Å². The van der Waals surface area contributed by atoms with Gasteiger partial charge >= 0.3 is 0 Å². The number of halogens is 8. The van der Waals surface area contributed by atoms with Gasteiger partial charge in [0, 0.05) is 140 Å². The van der Waals surface area contributed by atoms with Crippen LogP contribution in [0, 0.1) is 33.5 Å². The van der Waals surface area contributed by atoms with E-state index in [1.807, 2.05) is 50.4 Å². The summed E-state index contributed by atoms with van der Waals surface area (Å²) in [6.45, 7) is 38.0. The first-order valence-electron chi connectivity index (χ1n) is 27.0. The van der Waals surface area contributed by atoms with Crippen molar-refractivity contribution in [3.8, 4) is 0 Å². The third-order valence-electron chi connectivity index (χ3n) is 12.2. The fourth-order valence-corrected chi connectivity index (χ4v) is 13.3. The van der Waals surface area contributed by atoms with Crippen LogP contribution in [0.25, 0.3) is 12.2 Å². The molecule has 6 heterocycles. The van der Waals surface area contributed by atoms with Crippen LogP contribution >= 0.6 is 107 Å². The standard InChI is InChI=1S/C18H38N2.C17H30N2.C11H14N2.C7H8Br2N2.C5H2Br2ClN.C5H4Br2N2.ClH/c1-17(2,3)10-14-12-20(9)13-15(11-18(4,5)6)16(14)19(7)8;1-16(2,3)9-13-11-18-12-14(10-17(4,5)6)15(13)19(7)8;1-5-9-7-12-8-10(6-2)11(9)13(3)4;1-11(2)7-5(8)3-10-4-6(7)9;2*6-3-1-9-2-4(7)5(3)8;/h14-16H,10-13H2,1-9H3;11-12H,9-10H2,1-8H3;5-8H,1-2H2,3-4H3;3-4H,1-2H3;1-2H;1-2H,(H2,8,9);1H/p-1. The lowest BCUT2D eigenvalue weighted by atomic mass is 9.70. The van der Waals surface area contributed by atoms with Gasteiger partial charge in [-0.2, -0.15) is 0 Å². The predicted octanol–water partition coefficient (Wildman–Crippen LogP) is 15.9. The molecule has 0 bridgehead atoms. The smallest absolute Gasteiger partial charge is 0.0721 e. The van der Waals surface area contributed by atoms with E-state index in [0.717, 1.165) is 80.1 Å². The quantitative estimate of drug-likeness (QED) is 0.144. The van der Waals surface area contributed by atoms with Gasteiger partial charge in [0.25, 0.3) is 0 Å². The van der Waals surface area contributed by atoms with E-state index < -0.39 is 0 Å². The number of nitrogens with zero attached hydrogens (tertiary/aromatic N) is 10. The first-order valence-corrected chi connectivity index (χ1v) is 32.1. The highest BCUT2D eigenvalue weighted by Gasteiger charge is 2.40. The maximum absolute atomic E-state index is 5.74. The summed E-state index contributed by atoms with van der Waals surface area (Å²) < 4.78 is 5.24. The van der Waals surface area contributed by atoms with Crippen molar-refractivity contribution in [1.82, 2.24) is 34.7 Å². The van der Waals surface area contributed by atoms with Gasteiger partial charge in [-0.1, -0.05) is 120 Å². The molecular formula is C63H96Br6Cl2N11-. The molecule has 460 valence electrons. The number of hydrogen-bond acceptors (Lipinski definition) is 11. The molecule has 1 aliphatic heterocycles. The molecular weight excluding hydrogens is 1460 g/mol. The van der Waals surface area contributed by atoms with Gasteiger partial charge in [0.15, 0.2) is 0 Å². The Balaban J connectivity index is 0.000000983. The number of aromatic nitrogens is 5. The van der Waals surface area contributed by atoms with Gasteiger partial charge in [-0.15, -0.1) is 0 Å². The first-order chi connectivity index (χ1) is 37.1. The predicted molar refractivity (Wildman–Crippen MR) is 376 cm³/mol. The summed E-state index contributed by atoms with van der Waals surface area (Å²) in [5, 5.41) is 0.657. The number of nitrogen functional groups attached to an aromatic ring is 1. The van der Waals surface area contributed by atoms with E-state index in [1.165, 1.54) is 42.7 Å². The Labute approximate surface area is 558 Å². The Bertz CT molecular complexity index is 2520. The molecule has 19 heteroatoms. The second-order valence-corrected chi connectivity index (χ2v) is 31.7. The fourth-order valence-electron chi connectivity index (χ4n) is 9.74. The Kier molecular flexibility index (Phi) is 35.9. The van der Waals surface area contributed by atoms with Crippen molar-refractivity contribution in [1.29, 1.82) is 0 Å². The van der Waals surface area contributed by atoms with Crippen molar-refractivity contribution >= 4 is 142 Å². The van der Waals surface area contributed by atoms with Crippen LogP contribution in [0.1, 0.15) is 118 Å². The van der Waals surface area contributed by atoms with Crippen LogP contribution in [0.5, 0.6) is 0 Å². The normalized spacial score (nSPS) is 15.2. The van der Waals surface area contributed by atoms with Gasteiger partial charge in [-0.3, -0.25) is 24.9 Å². The highest BCUT2D eigenvalue weighted by Crippen LogP contribution is 2.39. The maximum atomic E-state index is 5.74. The van der Waals surface area contributed by atoms with Gasteiger partial charge in [0.1, 0.15) is 0 Å². The lowest BCUT2D eigenvalue weighted by molar-refractivity contribution is -0.0000314. The van der Waals surface area contributed by atoms with Gasteiger partial charge in [-0.25, -0.2) is 0 Å². The molecule has 1 aliphatic rings. The van der Waals surface area contributed by atoms with Crippen LogP contribution in [0.2, 0.25) is 5.02 Å². The van der Waals surface area contributed by atoms with Crippen molar-refractivity contribution in [2.75, 3.05) is 97.0 Å². The van der Waals surface area contributed by atoms with Crippen LogP contribution in [-0.2, 0) is 12.8 Å². The van der Waals surface area contributed by atoms with Crippen molar-refractivity contribution in [3.63, 3.8) is 0 Å². The average molecular weight is 1560 g/mol. The van der Waals surface area contributed by atoms with E-state index in [0.29, 0.717) is 21.5 Å². The summed E-state index contributed by atoms with van der Waals surface area (Å²) in [5.41, 5.74) is 16.0. The van der Waals surface area contributed by atoms with E-state index in [1.54, 1.807) is 61.7 Å². The van der Waals surface area contributed by atoms with E-state index in [4.69, 9.17) is 17.3 Å². The Morgan fingerprint density at radius 1 is 0.500 bits per heavy atom. The molecule has 0 aliphatic carbocycles. The SMILES string of the molecule is C=Cc1cncc(C=C)c1N(C)C.CN(C)c1c(Br)cncc1Br.CN(C)c1c(CC(C)(C)C)cncc1CC(C)(C)C.CN1CC(CC(C)(C)C)C(N(C)C)C(CC(C)(C)C)C1.Clc1c(Br)cncc1Br.Nc1c(Br)cncc1Br.[Cl-]. The molecule has 0 spiro atoms. The maximum Gasteiger partial charge on any atom is 0.0721 e. The first kappa shape index (κ1) is 79.8. The number of piperidine rings is 1. The monoisotopic (exact) mass is 1550 g/mol. The van der Waals surface area contributed by atoms with Gasteiger partial charge < -0.3 is 42.6 Å². The third-order valence-corrected chi connectivity index (χ3v) is 16.7. The molecule has 5 aromatic heterocycles. The number of rotatable bonds is 10. The van der Waals surface area contributed by atoms with Crippen LogP contribution in [-0.4, -0.2) is 117 Å². The summed E-state index contributed by atoms with van der Waals surface area (Å²) in [4.78, 5) is 31.7. The lowest BCUT2D eigenvalue weighted by Crippen LogP contribution is -3.00. The molecule has 6 rings (SSSR count). The van der Waals surface area contributed by atoms with Crippen molar-refractivity contribution in [2.45, 2.75) is 115 Å². The summed E-state index contributed by atoms with van der Waals surface area (Å²) in [6, 6.07) is 0.727. The second kappa shape index (κ2) is 36.8. The molecule has 1 fully saturated rings. The van der Waals surface area contributed by atoms with Crippen molar-refractivity contribution in [3.05, 3.63) is 129 Å². The molecule has 11 nitrogen and oxygen atoms in total. The summed E-state index contributed by atoms with van der Waals surface area (Å²) in [6.07, 6.45) is 26.2. The average Bonchev–Trinajstić information content (AvgIpc) is 3.30.